The minimum atomic E-state index is -1.54. The van der Waals surface area contributed by atoms with Crippen molar-refractivity contribution in [1.82, 2.24) is 0 Å². The number of ether oxygens (including phenoxy) is 2. The van der Waals surface area contributed by atoms with Gasteiger partial charge in [-0.15, -0.1) is 0 Å². The molecule has 8 nitrogen and oxygen atoms in total. The molecule has 0 saturated carbocycles. The molecule has 4 rings (SSSR count). The third-order valence-corrected chi connectivity index (χ3v) is 4.93. The van der Waals surface area contributed by atoms with Gasteiger partial charge in [0.1, 0.15) is 42.0 Å². The fraction of sp³-hybridized carbons (Fsp3) is 0.286. The van der Waals surface area contributed by atoms with E-state index in [9.17, 15) is 25.2 Å². The molecule has 4 N–H and O–H groups in total. The molecular weight excluding hydrogens is 380 g/mol. The number of hydrogen-bond donors (Lipinski definition) is 4. The summed E-state index contributed by atoms with van der Waals surface area (Å²) in [6.07, 6.45) is -5.57. The van der Waals surface area contributed by atoms with E-state index in [0.29, 0.717) is 10.9 Å². The fourth-order valence-corrected chi connectivity index (χ4v) is 3.30. The third kappa shape index (κ3) is 3.64. The van der Waals surface area contributed by atoms with Gasteiger partial charge in [0.25, 0.3) is 0 Å². The Morgan fingerprint density at radius 2 is 1.72 bits per heavy atom. The van der Waals surface area contributed by atoms with Crippen LogP contribution in [-0.2, 0) is 4.74 Å². The molecule has 2 aromatic carbocycles. The Kier molecular flexibility index (Phi) is 5.35. The van der Waals surface area contributed by atoms with Crippen LogP contribution in [0.2, 0.25) is 0 Å². The summed E-state index contributed by atoms with van der Waals surface area (Å²) < 4.78 is 16.5. The number of benzene rings is 2. The van der Waals surface area contributed by atoms with E-state index in [1.165, 1.54) is 24.5 Å². The van der Waals surface area contributed by atoms with Gasteiger partial charge in [-0.05, 0) is 17.7 Å². The van der Waals surface area contributed by atoms with Gasteiger partial charge in [0.2, 0.25) is 6.29 Å². The van der Waals surface area contributed by atoms with Crippen LogP contribution in [0.3, 0.4) is 0 Å². The highest BCUT2D eigenvalue weighted by atomic mass is 16.7. The Morgan fingerprint density at radius 1 is 0.966 bits per heavy atom. The topological polar surface area (TPSA) is 130 Å². The summed E-state index contributed by atoms with van der Waals surface area (Å²) >= 11 is 0. The lowest BCUT2D eigenvalue weighted by Crippen LogP contribution is -2.60. The molecule has 0 unspecified atom stereocenters. The lowest BCUT2D eigenvalue weighted by Gasteiger charge is -2.39. The lowest BCUT2D eigenvalue weighted by molar-refractivity contribution is -0.277. The van der Waals surface area contributed by atoms with Gasteiger partial charge in [0.15, 0.2) is 5.43 Å². The Morgan fingerprint density at radius 3 is 2.45 bits per heavy atom. The van der Waals surface area contributed by atoms with Crippen LogP contribution >= 0.6 is 0 Å². The van der Waals surface area contributed by atoms with Gasteiger partial charge in [0.05, 0.1) is 17.6 Å². The first-order chi connectivity index (χ1) is 14.0. The summed E-state index contributed by atoms with van der Waals surface area (Å²) in [4.78, 5) is 12.8. The maximum Gasteiger partial charge on any atom is 0.229 e. The molecule has 152 valence electrons. The fourth-order valence-electron chi connectivity index (χ4n) is 3.30. The number of hydrogen-bond acceptors (Lipinski definition) is 8. The second-order valence-electron chi connectivity index (χ2n) is 6.82. The van der Waals surface area contributed by atoms with Crippen molar-refractivity contribution < 1.29 is 34.3 Å². The van der Waals surface area contributed by atoms with E-state index < -0.39 is 37.3 Å². The first-order valence-corrected chi connectivity index (χ1v) is 9.07. The maximum atomic E-state index is 12.8. The molecule has 0 bridgehead atoms. The molecule has 0 aliphatic carbocycles. The molecule has 1 fully saturated rings. The van der Waals surface area contributed by atoms with Crippen molar-refractivity contribution in [2.24, 2.45) is 0 Å². The van der Waals surface area contributed by atoms with E-state index >= 15 is 0 Å². The van der Waals surface area contributed by atoms with Crippen LogP contribution in [0.5, 0.6) is 5.75 Å². The van der Waals surface area contributed by atoms with Crippen molar-refractivity contribution in [1.29, 1.82) is 0 Å². The van der Waals surface area contributed by atoms with Gasteiger partial charge >= 0.3 is 0 Å². The lowest BCUT2D eigenvalue weighted by atomic mass is 9.99. The largest absolute Gasteiger partial charge is 0.463 e. The van der Waals surface area contributed by atoms with Crippen molar-refractivity contribution in [3.63, 3.8) is 0 Å². The van der Waals surface area contributed by atoms with Crippen molar-refractivity contribution in [2.75, 3.05) is 6.61 Å². The molecule has 5 atom stereocenters. The van der Waals surface area contributed by atoms with Crippen LogP contribution in [0, 0.1) is 0 Å². The van der Waals surface area contributed by atoms with Crippen molar-refractivity contribution >= 4 is 11.0 Å². The zero-order valence-corrected chi connectivity index (χ0v) is 15.2. The van der Waals surface area contributed by atoms with Crippen LogP contribution in [0.1, 0.15) is 0 Å². The summed E-state index contributed by atoms with van der Waals surface area (Å²) in [5.41, 5.74) is 1.25. The van der Waals surface area contributed by atoms with Gasteiger partial charge in [-0.3, -0.25) is 4.79 Å². The Balaban J connectivity index is 1.62. The van der Waals surface area contributed by atoms with E-state index in [-0.39, 0.29) is 16.8 Å². The number of rotatable bonds is 4. The molecule has 1 aliphatic heterocycles. The molecule has 3 aromatic rings. The zero-order chi connectivity index (χ0) is 20.5. The van der Waals surface area contributed by atoms with E-state index in [1.54, 1.807) is 0 Å². The first-order valence-electron chi connectivity index (χ1n) is 9.07. The highest BCUT2D eigenvalue weighted by Gasteiger charge is 2.44. The smallest absolute Gasteiger partial charge is 0.229 e. The zero-order valence-electron chi connectivity index (χ0n) is 15.2. The molecule has 0 spiro atoms. The Hall–Kier alpha value is -2.75. The quantitative estimate of drug-likeness (QED) is 0.502. The van der Waals surface area contributed by atoms with E-state index in [0.717, 1.165) is 5.56 Å². The van der Waals surface area contributed by atoms with E-state index in [1.807, 2.05) is 30.3 Å². The van der Waals surface area contributed by atoms with Gasteiger partial charge in [-0.1, -0.05) is 30.3 Å². The molecule has 1 aromatic heterocycles. The maximum absolute atomic E-state index is 12.8. The Labute approximate surface area is 165 Å². The van der Waals surface area contributed by atoms with Crippen LogP contribution in [0.4, 0.5) is 0 Å². The standard InChI is InChI=1S/C21H20O8/c22-9-16-18(24)19(25)20(26)21(29-16)28-12-6-7-13-15(8-12)27-10-14(17(13)23)11-4-2-1-3-5-11/h1-8,10,16,18-22,24-26H,9H2/t16-,18-,19-,20-,21-/m0/s1. The average Bonchev–Trinajstić information content (AvgIpc) is 2.75. The summed E-state index contributed by atoms with van der Waals surface area (Å²) in [6.45, 7) is -0.556. The number of aliphatic hydroxyl groups is 4. The summed E-state index contributed by atoms with van der Waals surface area (Å²) in [5, 5.41) is 39.4. The third-order valence-electron chi connectivity index (χ3n) is 4.93. The van der Waals surface area contributed by atoms with Crippen molar-refractivity contribution in [3.8, 4) is 16.9 Å². The molecular formula is C21H20O8. The van der Waals surface area contributed by atoms with Crippen LogP contribution < -0.4 is 10.2 Å². The summed E-state index contributed by atoms with van der Waals surface area (Å²) in [6, 6.07) is 13.7. The van der Waals surface area contributed by atoms with Crippen LogP contribution in [0.15, 0.2) is 64.0 Å². The van der Waals surface area contributed by atoms with Crippen molar-refractivity contribution in [3.05, 3.63) is 65.0 Å². The SMILES string of the molecule is O=c1c(-c2ccccc2)coc2cc(O[C@H]3O[C@@H](CO)[C@H](O)[C@H](O)[C@@H]3O)ccc12. The monoisotopic (exact) mass is 400 g/mol. The highest BCUT2D eigenvalue weighted by Crippen LogP contribution is 2.27. The van der Waals surface area contributed by atoms with Gasteiger partial charge in [-0.25, -0.2) is 0 Å². The summed E-state index contributed by atoms with van der Waals surface area (Å²) in [5.74, 6) is 0.220. The van der Waals surface area contributed by atoms with Gasteiger partial charge in [-0.2, -0.15) is 0 Å². The van der Waals surface area contributed by atoms with Crippen molar-refractivity contribution in [2.45, 2.75) is 30.7 Å². The molecule has 1 aliphatic rings. The normalized spacial score (nSPS) is 27.1. The second kappa shape index (κ2) is 7.94. The average molecular weight is 400 g/mol. The van der Waals surface area contributed by atoms with Gasteiger partial charge in [0, 0.05) is 6.07 Å². The minimum Gasteiger partial charge on any atom is -0.463 e. The molecule has 0 radical (unpaired) electrons. The minimum absolute atomic E-state index is 0.197. The molecule has 0 amide bonds. The second-order valence-corrected chi connectivity index (χ2v) is 6.82. The summed E-state index contributed by atoms with van der Waals surface area (Å²) in [7, 11) is 0. The predicted octanol–water partition coefficient (Wildman–Crippen LogP) is 0.639. The predicted molar refractivity (Wildman–Crippen MR) is 102 cm³/mol. The molecule has 2 heterocycles. The van der Waals surface area contributed by atoms with Crippen LogP contribution in [0.25, 0.3) is 22.1 Å². The molecule has 8 heteroatoms. The van der Waals surface area contributed by atoms with E-state index in [2.05, 4.69) is 0 Å². The Bertz CT molecular complexity index is 1050. The highest BCUT2D eigenvalue weighted by molar-refractivity contribution is 5.82. The molecule has 29 heavy (non-hydrogen) atoms. The van der Waals surface area contributed by atoms with Gasteiger partial charge < -0.3 is 34.3 Å². The number of aliphatic hydroxyl groups excluding tert-OH is 4. The number of fused-ring (bicyclic) bond motifs is 1. The molecule has 1 saturated heterocycles. The van der Waals surface area contributed by atoms with Crippen LogP contribution in [-0.4, -0.2) is 57.7 Å². The first kappa shape index (κ1) is 19.6. The van der Waals surface area contributed by atoms with E-state index in [4.69, 9.17) is 13.9 Å².